The first-order valence-electron chi connectivity index (χ1n) is 11.8. The molecule has 0 saturated heterocycles. The summed E-state index contributed by atoms with van der Waals surface area (Å²) < 4.78 is 24.3. The quantitative estimate of drug-likeness (QED) is 0.186. The van der Waals surface area contributed by atoms with Crippen LogP contribution in [-0.2, 0) is 22.5 Å². The third kappa shape index (κ3) is 9.21. The number of carbonyl (C=O) groups excluding carboxylic acids is 1. The molecule has 5 nitrogen and oxygen atoms in total. The van der Waals surface area contributed by atoms with Crippen LogP contribution in [0.3, 0.4) is 0 Å². The van der Waals surface area contributed by atoms with Crippen molar-refractivity contribution in [2.24, 2.45) is 5.92 Å². The van der Waals surface area contributed by atoms with Crippen molar-refractivity contribution in [2.75, 3.05) is 19.8 Å². The molecule has 174 valence electrons. The molecule has 0 aliphatic carbocycles. The summed E-state index contributed by atoms with van der Waals surface area (Å²) >= 11 is 0. The lowest BCUT2D eigenvalue weighted by atomic mass is 10.2. The predicted molar refractivity (Wildman–Crippen MR) is 126 cm³/mol. The van der Waals surface area contributed by atoms with Gasteiger partial charge in [0.2, 0.25) is 0 Å². The topological polar surface area (TPSA) is 54.0 Å². The van der Waals surface area contributed by atoms with Crippen molar-refractivity contribution in [1.29, 1.82) is 0 Å². The molecule has 0 rings (SSSR count). The van der Waals surface area contributed by atoms with Gasteiger partial charge in [-0.3, -0.25) is 4.79 Å². The SMILES string of the molecule is CCCCCC[Si](OC(=O)C(C)C[Si](OCC)(OCC)OCC)(C(C)C)C(C)C. The van der Waals surface area contributed by atoms with Gasteiger partial charge in [0, 0.05) is 25.9 Å². The zero-order valence-electron chi connectivity index (χ0n) is 20.6. The van der Waals surface area contributed by atoms with Gasteiger partial charge in [0.1, 0.15) is 0 Å². The first kappa shape index (κ1) is 28.8. The minimum atomic E-state index is -2.87. The number of carbonyl (C=O) groups is 1. The summed E-state index contributed by atoms with van der Waals surface area (Å²) in [6.07, 6.45) is 4.82. The van der Waals surface area contributed by atoms with Crippen molar-refractivity contribution in [1.82, 2.24) is 0 Å². The van der Waals surface area contributed by atoms with Crippen molar-refractivity contribution in [3.05, 3.63) is 0 Å². The minimum Gasteiger partial charge on any atom is -0.518 e. The lowest BCUT2D eigenvalue weighted by molar-refractivity contribution is -0.139. The van der Waals surface area contributed by atoms with Gasteiger partial charge in [-0.05, 0) is 37.9 Å². The Bertz CT molecular complexity index is 418. The lowest BCUT2D eigenvalue weighted by Gasteiger charge is -2.39. The fraction of sp³-hybridized carbons (Fsp3) is 0.955. The van der Waals surface area contributed by atoms with Crippen LogP contribution < -0.4 is 0 Å². The predicted octanol–water partition coefficient (Wildman–Crippen LogP) is 6.56. The van der Waals surface area contributed by atoms with Gasteiger partial charge in [0.25, 0.3) is 14.3 Å². The van der Waals surface area contributed by atoms with Crippen LogP contribution in [0.2, 0.25) is 23.2 Å². The van der Waals surface area contributed by atoms with Crippen LogP contribution in [0.25, 0.3) is 0 Å². The van der Waals surface area contributed by atoms with Gasteiger partial charge in [-0.15, -0.1) is 0 Å². The Labute approximate surface area is 182 Å². The first-order valence-corrected chi connectivity index (χ1v) is 16.0. The number of unbranched alkanes of at least 4 members (excludes halogenated alkanes) is 3. The molecule has 29 heavy (non-hydrogen) atoms. The number of hydrogen-bond acceptors (Lipinski definition) is 5. The molecular formula is C22H48O5Si2. The maximum atomic E-state index is 13.2. The average molecular weight is 449 g/mol. The molecule has 0 saturated carbocycles. The molecule has 0 N–H and O–H groups in total. The molecule has 0 amide bonds. The highest BCUT2D eigenvalue weighted by Gasteiger charge is 2.48. The van der Waals surface area contributed by atoms with E-state index in [0.29, 0.717) is 36.9 Å². The van der Waals surface area contributed by atoms with Crippen LogP contribution in [0, 0.1) is 5.92 Å². The van der Waals surface area contributed by atoms with E-state index in [1.807, 2.05) is 27.7 Å². The van der Waals surface area contributed by atoms with Crippen LogP contribution in [0.5, 0.6) is 0 Å². The van der Waals surface area contributed by atoms with Gasteiger partial charge in [-0.2, -0.15) is 0 Å². The van der Waals surface area contributed by atoms with E-state index >= 15 is 0 Å². The Morgan fingerprint density at radius 3 is 1.62 bits per heavy atom. The van der Waals surface area contributed by atoms with Gasteiger partial charge >= 0.3 is 8.80 Å². The Hall–Kier alpha value is -0.216. The Morgan fingerprint density at radius 1 is 0.759 bits per heavy atom. The molecule has 0 fully saturated rings. The van der Waals surface area contributed by atoms with Gasteiger partial charge in [-0.25, -0.2) is 0 Å². The molecule has 0 spiro atoms. The monoisotopic (exact) mass is 448 g/mol. The highest BCUT2D eigenvalue weighted by atomic mass is 28.4. The smallest absolute Gasteiger partial charge is 0.501 e. The molecule has 0 aromatic heterocycles. The van der Waals surface area contributed by atoms with Crippen molar-refractivity contribution in [3.63, 3.8) is 0 Å². The van der Waals surface area contributed by atoms with Crippen LogP contribution in [0.4, 0.5) is 0 Å². The Morgan fingerprint density at radius 2 is 1.24 bits per heavy atom. The summed E-state index contributed by atoms with van der Waals surface area (Å²) in [6, 6.07) is 1.52. The van der Waals surface area contributed by atoms with E-state index in [0.717, 1.165) is 12.5 Å². The molecule has 0 bridgehead atoms. The van der Waals surface area contributed by atoms with Crippen LogP contribution in [0.15, 0.2) is 0 Å². The molecule has 0 heterocycles. The third-order valence-corrected chi connectivity index (χ3v) is 14.6. The number of rotatable bonds is 17. The minimum absolute atomic E-state index is 0.106. The van der Waals surface area contributed by atoms with E-state index in [4.69, 9.17) is 17.7 Å². The second kappa shape index (κ2) is 14.7. The maximum Gasteiger partial charge on any atom is 0.501 e. The van der Waals surface area contributed by atoms with Gasteiger partial charge < -0.3 is 17.7 Å². The van der Waals surface area contributed by atoms with Crippen LogP contribution in [-0.4, -0.2) is 42.9 Å². The summed E-state index contributed by atoms with van der Waals surface area (Å²) in [4.78, 5) is 13.2. The highest BCUT2D eigenvalue weighted by Crippen LogP contribution is 2.39. The average Bonchev–Trinajstić information content (AvgIpc) is 2.64. The summed E-state index contributed by atoms with van der Waals surface area (Å²) in [7, 11) is -5.09. The Kier molecular flexibility index (Phi) is 14.6. The largest absolute Gasteiger partial charge is 0.518 e. The summed E-state index contributed by atoms with van der Waals surface area (Å²) in [5, 5.41) is 0. The molecule has 7 heteroatoms. The molecule has 0 aromatic rings. The summed E-state index contributed by atoms with van der Waals surface area (Å²) in [6.45, 7) is 20.4. The van der Waals surface area contributed by atoms with E-state index < -0.39 is 17.1 Å². The fourth-order valence-corrected chi connectivity index (χ4v) is 11.3. The summed E-state index contributed by atoms with van der Waals surface area (Å²) in [5.74, 6) is -0.406. The standard InChI is InChI=1S/C22H48O5Si2/c1-10-14-15-16-17-28(19(5)6,20(7)8)27-22(23)21(9)18-29(24-11-2,25-12-3)26-13-4/h19-21H,10-18H2,1-9H3. The normalized spacial score (nSPS) is 13.9. The second-order valence-corrected chi connectivity index (χ2v) is 16.1. The maximum absolute atomic E-state index is 13.2. The van der Waals surface area contributed by atoms with Gasteiger partial charge in [0.15, 0.2) is 0 Å². The van der Waals surface area contributed by atoms with Crippen molar-refractivity contribution >= 4 is 23.1 Å². The Balaban J connectivity index is 5.39. The van der Waals surface area contributed by atoms with Crippen molar-refractivity contribution in [3.8, 4) is 0 Å². The van der Waals surface area contributed by atoms with Crippen LogP contribution >= 0.6 is 0 Å². The molecule has 0 aromatic carbocycles. The second-order valence-electron chi connectivity index (χ2n) is 8.58. The first-order chi connectivity index (χ1) is 13.6. The van der Waals surface area contributed by atoms with Gasteiger partial charge in [-0.1, -0.05) is 67.2 Å². The van der Waals surface area contributed by atoms with E-state index in [2.05, 4.69) is 34.6 Å². The molecular weight excluding hydrogens is 400 g/mol. The molecule has 1 atom stereocenters. The van der Waals surface area contributed by atoms with E-state index in [9.17, 15) is 4.79 Å². The lowest BCUT2D eigenvalue weighted by Crippen LogP contribution is -2.50. The van der Waals surface area contributed by atoms with E-state index in [-0.39, 0.29) is 11.9 Å². The van der Waals surface area contributed by atoms with E-state index in [1.165, 1.54) is 19.3 Å². The molecule has 0 aliphatic heterocycles. The van der Waals surface area contributed by atoms with E-state index in [1.54, 1.807) is 0 Å². The third-order valence-electron chi connectivity index (χ3n) is 5.72. The molecule has 0 aliphatic rings. The highest BCUT2D eigenvalue weighted by molar-refractivity contribution is 6.77. The van der Waals surface area contributed by atoms with Gasteiger partial charge in [0.05, 0.1) is 5.92 Å². The zero-order chi connectivity index (χ0) is 22.5. The summed E-state index contributed by atoms with van der Waals surface area (Å²) in [5.41, 5.74) is 0.793. The van der Waals surface area contributed by atoms with Crippen molar-refractivity contribution < 1.29 is 22.5 Å². The molecule has 1 unspecified atom stereocenters. The fourth-order valence-electron chi connectivity index (χ4n) is 4.07. The molecule has 0 radical (unpaired) electrons. The zero-order valence-corrected chi connectivity index (χ0v) is 22.6. The number of hydrogen-bond donors (Lipinski definition) is 0. The van der Waals surface area contributed by atoms with Crippen LogP contribution in [0.1, 0.15) is 88.0 Å². The van der Waals surface area contributed by atoms with Crippen molar-refractivity contribution in [2.45, 2.75) is 111 Å².